The smallest absolute Gasteiger partial charge is 0.267 e. The molecule has 140 valence electrons. The van der Waals surface area contributed by atoms with Crippen LogP contribution < -0.4 is 10.1 Å². The first-order chi connectivity index (χ1) is 13.1. The van der Waals surface area contributed by atoms with Crippen molar-refractivity contribution in [3.63, 3.8) is 0 Å². The number of nitrogens with one attached hydrogen (secondary N) is 1. The molecule has 0 aliphatic rings. The zero-order valence-corrected chi connectivity index (χ0v) is 16.8. The van der Waals surface area contributed by atoms with Crippen LogP contribution in [-0.4, -0.2) is 22.2 Å². The third-order valence-corrected chi connectivity index (χ3v) is 5.85. The van der Waals surface area contributed by atoms with Gasteiger partial charge < -0.3 is 4.74 Å². The SMILES string of the molecule is CC[C@@H](Oc1ccc(C)cc1)C(=O)Nc1nnc(SCc2ccccc2)s1. The molecule has 27 heavy (non-hydrogen) atoms. The maximum absolute atomic E-state index is 12.5. The Labute approximate surface area is 167 Å². The molecule has 0 aliphatic heterocycles. The van der Waals surface area contributed by atoms with Crippen LogP contribution in [0.3, 0.4) is 0 Å². The molecule has 5 nitrogen and oxygen atoms in total. The van der Waals surface area contributed by atoms with Crippen molar-refractivity contribution >= 4 is 34.1 Å². The third-order valence-electron chi connectivity index (χ3n) is 3.80. The fourth-order valence-electron chi connectivity index (χ4n) is 2.33. The molecule has 3 aromatic rings. The second-order valence-corrected chi connectivity index (χ2v) is 8.16. The molecular formula is C20H21N3O2S2. The number of carbonyl (C=O) groups is 1. The van der Waals surface area contributed by atoms with E-state index in [0.29, 0.717) is 17.3 Å². The van der Waals surface area contributed by atoms with Crippen LogP contribution in [-0.2, 0) is 10.5 Å². The second-order valence-electron chi connectivity index (χ2n) is 5.96. The van der Waals surface area contributed by atoms with E-state index in [1.54, 1.807) is 11.8 Å². The van der Waals surface area contributed by atoms with Gasteiger partial charge in [-0.15, -0.1) is 10.2 Å². The first-order valence-electron chi connectivity index (χ1n) is 8.68. The summed E-state index contributed by atoms with van der Waals surface area (Å²) in [6.45, 7) is 3.93. The fourth-order valence-corrected chi connectivity index (χ4v) is 4.04. The minimum atomic E-state index is -0.572. The van der Waals surface area contributed by atoms with E-state index in [2.05, 4.69) is 27.6 Å². The molecule has 1 atom stereocenters. The lowest BCUT2D eigenvalue weighted by Crippen LogP contribution is -2.32. The van der Waals surface area contributed by atoms with Crippen molar-refractivity contribution in [1.82, 2.24) is 10.2 Å². The van der Waals surface area contributed by atoms with Gasteiger partial charge in [0.25, 0.3) is 5.91 Å². The van der Waals surface area contributed by atoms with Crippen LogP contribution in [0.1, 0.15) is 24.5 Å². The normalized spacial score (nSPS) is 11.8. The van der Waals surface area contributed by atoms with E-state index >= 15 is 0 Å². The van der Waals surface area contributed by atoms with Gasteiger partial charge in [-0.3, -0.25) is 10.1 Å². The summed E-state index contributed by atoms with van der Waals surface area (Å²) in [4.78, 5) is 12.5. The van der Waals surface area contributed by atoms with Crippen LogP contribution >= 0.6 is 23.1 Å². The van der Waals surface area contributed by atoms with E-state index in [1.807, 2.05) is 56.3 Å². The van der Waals surface area contributed by atoms with Gasteiger partial charge in [-0.1, -0.05) is 78.1 Å². The van der Waals surface area contributed by atoms with Gasteiger partial charge in [-0.2, -0.15) is 0 Å². The molecule has 0 radical (unpaired) electrons. The molecule has 0 bridgehead atoms. The predicted octanol–water partition coefficient (Wildman–Crippen LogP) is 4.93. The zero-order chi connectivity index (χ0) is 19.1. The van der Waals surface area contributed by atoms with Crippen molar-refractivity contribution in [1.29, 1.82) is 0 Å². The standard InChI is InChI=1S/C20H21N3O2S2/c1-3-17(25-16-11-9-14(2)10-12-16)18(24)21-19-22-23-20(27-19)26-13-15-7-5-4-6-8-15/h4-12,17H,3,13H2,1-2H3,(H,21,22,24)/t17-/m1/s1. The van der Waals surface area contributed by atoms with Crippen LogP contribution in [0.5, 0.6) is 5.75 Å². The minimum Gasteiger partial charge on any atom is -0.481 e. The lowest BCUT2D eigenvalue weighted by Gasteiger charge is -2.16. The van der Waals surface area contributed by atoms with E-state index in [-0.39, 0.29) is 5.91 Å². The molecule has 0 spiro atoms. The Hall–Kier alpha value is -2.38. The number of benzene rings is 2. The van der Waals surface area contributed by atoms with Crippen molar-refractivity contribution in [2.24, 2.45) is 0 Å². The Morgan fingerprint density at radius 3 is 2.59 bits per heavy atom. The van der Waals surface area contributed by atoms with Crippen molar-refractivity contribution < 1.29 is 9.53 Å². The van der Waals surface area contributed by atoms with Gasteiger partial charge in [0.15, 0.2) is 10.4 Å². The molecule has 1 N–H and O–H groups in total. The maximum Gasteiger partial charge on any atom is 0.267 e. The second kappa shape index (κ2) is 9.53. The fraction of sp³-hybridized carbons (Fsp3) is 0.250. The van der Waals surface area contributed by atoms with Gasteiger partial charge in [0.1, 0.15) is 5.75 Å². The van der Waals surface area contributed by atoms with Crippen LogP contribution in [0.4, 0.5) is 5.13 Å². The molecule has 0 aliphatic carbocycles. The van der Waals surface area contributed by atoms with E-state index in [4.69, 9.17) is 4.74 Å². The molecule has 2 aromatic carbocycles. The van der Waals surface area contributed by atoms with Gasteiger partial charge in [0, 0.05) is 5.75 Å². The molecule has 1 amide bonds. The average Bonchev–Trinajstić information content (AvgIpc) is 3.14. The molecule has 0 saturated heterocycles. The highest BCUT2D eigenvalue weighted by Crippen LogP contribution is 2.28. The molecular weight excluding hydrogens is 378 g/mol. The van der Waals surface area contributed by atoms with Crippen molar-refractivity contribution in [3.8, 4) is 5.75 Å². The van der Waals surface area contributed by atoms with E-state index in [1.165, 1.54) is 16.9 Å². The molecule has 1 heterocycles. The molecule has 0 saturated carbocycles. The predicted molar refractivity (Wildman–Crippen MR) is 110 cm³/mol. The number of carbonyl (C=O) groups excluding carboxylic acids is 1. The monoisotopic (exact) mass is 399 g/mol. The van der Waals surface area contributed by atoms with E-state index in [9.17, 15) is 4.79 Å². The number of anilines is 1. The number of hydrogen-bond donors (Lipinski definition) is 1. The summed E-state index contributed by atoms with van der Waals surface area (Å²) in [5, 5.41) is 11.5. The van der Waals surface area contributed by atoms with E-state index in [0.717, 1.165) is 15.7 Å². The highest BCUT2D eigenvalue weighted by atomic mass is 32.2. The van der Waals surface area contributed by atoms with Gasteiger partial charge in [0.2, 0.25) is 5.13 Å². The van der Waals surface area contributed by atoms with Gasteiger partial charge >= 0.3 is 0 Å². The molecule has 0 unspecified atom stereocenters. The van der Waals surface area contributed by atoms with Crippen molar-refractivity contribution in [2.45, 2.75) is 36.5 Å². The minimum absolute atomic E-state index is 0.214. The summed E-state index contributed by atoms with van der Waals surface area (Å²) in [6.07, 6.45) is -0.00858. The average molecular weight is 400 g/mol. The molecule has 0 fully saturated rings. The number of hydrogen-bond acceptors (Lipinski definition) is 6. The number of aryl methyl sites for hydroxylation is 1. The molecule has 1 aromatic heterocycles. The summed E-state index contributed by atoms with van der Waals surface area (Å²) in [5.41, 5.74) is 2.37. The lowest BCUT2D eigenvalue weighted by molar-refractivity contribution is -0.122. The summed E-state index contributed by atoms with van der Waals surface area (Å²) in [5.74, 6) is 1.28. The highest BCUT2D eigenvalue weighted by molar-refractivity contribution is 8.00. The van der Waals surface area contributed by atoms with E-state index < -0.39 is 6.10 Å². The summed E-state index contributed by atoms with van der Waals surface area (Å²) in [6, 6.07) is 17.8. The van der Waals surface area contributed by atoms with Gasteiger partial charge in [-0.05, 0) is 31.0 Å². The number of amides is 1. The number of rotatable bonds is 8. The number of ether oxygens (including phenoxy) is 1. The summed E-state index contributed by atoms with van der Waals surface area (Å²) >= 11 is 2.97. The molecule has 3 rings (SSSR count). The summed E-state index contributed by atoms with van der Waals surface area (Å²) < 4.78 is 6.62. The van der Waals surface area contributed by atoms with Crippen LogP contribution in [0, 0.1) is 6.92 Å². The Kier molecular flexibility index (Phi) is 6.84. The largest absolute Gasteiger partial charge is 0.481 e. The number of aromatic nitrogens is 2. The number of thioether (sulfide) groups is 1. The topological polar surface area (TPSA) is 64.1 Å². The highest BCUT2D eigenvalue weighted by Gasteiger charge is 2.20. The van der Waals surface area contributed by atoms with Gasteiger partial charge in [0.05, 0.1) is 0 Å². The van der Waals surface area contributed by atoms with Crippen molar-refractivity contribution in [3.05, 3.63) is 65.7 Å². The number of nitrogens with zero attached hydrogens (tertiary/aromatic N) is 2. The first-order valence-corrected chi connectivity index (χ1v) is 10.5. The summed E-state index contributed by atoms with van der Waals surface area (Å²) in [7, 11) is 0. The first kappa shape index (κ1) is 19.4. The van der Waals surface area contributed by atoms with Crippen LogP contribution in [0.15, 0.2) is 58.9 Å². The maximum atomic E-state index is 12.5. The Bertz CT molecular complexity index is 866. The quantitative estimate of drug-likeness (QED) is 0.430. The Balaban J connectivity index is 1.54. The Morgan fingerprint density at radius 2 is 1.89 bits per heavy atom. The van der Waals surface area contributed by atoms with Crippen LogP contribution in [0.2, 0.25) is 0 Å². The zero-order valence-electron chi connectivity index (χ0n) is 15.2. The molecule has 7 heteroatoms. The van der Waals surface area contributed by atoms with Gasteiger partial charge in [-0.25, -0.2) is 0 Å². The van der Waals surface area contributed by atoms with Crippen LogP contribution in [0.25, 0.3) is 0 Å². The third kappa shape index (κ3) is 5.80. The Morgan fingerprint density at radius 1 is 1.15 bits per heavy atom. The lowest BCUT2D eigenvalue weighted by atomic mass is 10.2. The van der Waals surface area contributed by atoms with Crippen molar-refractivity contribution in [2.75, 3.05) is 5.32 Å².